The minimum atomic E-state index is -4.65. The SMILES string of the molecule is CC/C=C\C/C=C\C/C=C\C/C=C\C/C=C\C/C=C\C/C=C\C/C=C\CCCCCCCCCCCCCCCCC(=O)OC(COC(=O)CCCCCCCCCCCCCCCCCCCCCCCCCCC/C=C\C/C=C\C/C=C\C/C=C\C/C=C\CC)COP(=O)([O-])OCC[N+](C)(C)C. The highest BCUT2D eigenvalue weighted by Crippen LogP contribution is 2.38. The third kappa shape index (κ3) is 86.5. The summed E-state index contributed by atoms with van der Waals surface area (Å²) < 4.78 is 34.5. The van der Waals surface area contributed by atoms with Crippen LogP contribution >= 0.6 is 7.82 Å². The third-order valence-electron chi connectivity index (χ3n) is 18.5. The van der Waals surface area contributed by atoms with Crippen molar-refractivity contribution < 1.29 is 42.1 Å². The smallest absolute Gasteiger partial charge is 0.306 e. The average molecular weight is 1470 g/mol. The largest absolute Gasteiger partial charge is 0.756 e. The molecule has 0 aliphatic heterocycles. The van der Waals surface area contributed by atoms with Crippen LogP contribution in [0.5, 0.6) is 0 Å². The molecule has 0 aliphatic rings. The Hall–Kier alpha value is -4.37. The number of phosphoric ester groups is 1. The summed E-state index contributed by atoms with van der Waals surface area (Å²) in [7, 11) is 1.17. The summed E-state index contributed by atoms with van der Waals surface area (Å²) in [5, 5.41) is 0. The summed E-state index contributed by atoms with van der Waals surface area (Å²) in [5.74, 6) is -0.823. The number of rotatable bonds is 79. The Kier molecular flexibility index (Phi) is 79.2. The van der Waals surface area contributed by atoms with Crippen molar-refractivity contribution in [2.75, 3.05) is 47.5 Å². The number of esters is 2. The number of hydrogen-bond acceptors (Lipinski definition) is 8. The van der Waals surface area contributed by atoms with Crippen molar-refractivity contribution in [2.24, 2.45) is 0 Å². The Morgan fingerprint density at radius 3 is 0.769 bits per heavy atom. The van der Waals surface area contributed by atoms with E-state index >= 15 is 0 Å². The van der Waals surface area contributed by atoms with Gasteiger partial charge in [0.1, 0.15) is 19.8 Å². The number of hydrogen-bond donors (Lipinski definition) is 0. The zero-order valence-electron chi connectivity index (χ0n) is 68.2. The number of likely N-dealkylation sites (N-methyl/N-ethyl adjacent to an activating group) is 1. The molecular weight excluding hydrogens is 1300 g/mol. The maximum atomic E-state index is 12.9. The van der Waals surface area contributed by atoms with Gasteiger partial charge < -0.3 is 27.9 Å². The van der Waals surface area contributed by atoms with Gasteiger partial charge in [-0.25, -0.2) is 0 Å². The first-order valence-electron chi connectivity index (χ1n) is 43.2. The third-order valence-corrected chi connectivity index (χ3v) is 19.5. The lowest BCUT2D eigenvalue weighted by Crippen LogP contribution is -2.37. The van der Waals surface area contributed by atoms with Crippen molar-refractivity contribution in [1.29, 1.82) is 0 Å². The van der Waals surface area contributed by atoms with E-state index in [9.17, 15) is 19.0 Å². The van der Waals surface area contributed by atoms with Crippen LogP contribution in [0.1, 0.15) is 373 Å². The van der Waals surface area contributed by atoms with Gasteiger partial charge in [0.15, 0.2) is 6.10 Å². The molecule has 0 aromatic carbocycles. The molecule has 9 nitrogen and oxygen atoms in total. The van der Waals surface area contributed by atoms with Gasteiger partial charge in [0.25, 0.3) is 7.82 Å². The highest BCUT2D eigenvalue weighted by atomic mass is 31.2. The molecular formula is C94H162NO8P. The number of ether oxygens (including phenoxy) is 2. The molecule has 596 valence electrons. The molecule has 0 heterocycles. The zero-order chi connectivity index (χ0) is 75.4. The van der Waals surface area contributed by atoms with Crippen LogP contribution in [0.4, 0.5) is 0 Å². The molecule has 0 radical (unpaired) electrons. The summed E-state index contributed by atoms with van der Waals surface area (Å²) >= 11 is 0. The molecule has 0 rings (SSSR count). The number of allylic oxidation sites excluding steroid dienone is 26. The molecule has 0 bridgehead atoms. The second kappa shape index (κ2) is 82.7. The van der Waals surface area contributed by atoms with Gasteiger partial charge in [-0.1, -0.05) is 397 Å². The van der Waals surface area contributed by atoms with Crippen molar-refractivity contribution >= 4 is 19.8 Å². The lowest BCUT2D eigenvalue weighted by atomic mass is 10.0. The van der Waals surface area contributed by atoms with E-state index in [1.54, 1.807) is 0 Å². The second-order valence-electron chi connectivity index (χ2n) is 29.8. The summed E-state index contributed by atoms with van der Waals surface area (Å²) in [6, 6.07) is 0. The van der Waals surface area contributed by atoms with Gasteiger partial charge >= 0.3 is 11.9 Å². The van der Waals surface area contributed by atoms with E-state index in [2.05, 4.69) is 172 Å². The molecule has 2 atom stereocenters. The molecule has 0 fully saturated rings. The maximum Gasteiger partial charge on any atom is 0.306 e. The second-order valence-corrected chi connectivity index (χ2v) is 31.2. The van der Waals surface area contributed by atoms with E-state index in [0.29, 0.717) is 17.4 Å². The Morgan fingerprint density at radius 2 is 0.519 bits per heavy atom. The van der Waals surface area contributed by atoms with Gasteiger partial charge in [0.2, 0.25) is 0 Å². The molecule has 0 spiro atoms. The molecule has 0 aromatic heterocycles. The van der Waals surface area contributed by atoms with E-state index in [0.717, 1.165) is 122 Å². The molecule has 104 heavy (non-hydrogen) atoms. The first-order valence-corrected chi connectivity index (χ1v) is 44.7. The molecule has 0 aromatic rings. The summed E-state index contributed by atoms with van der Waals surface area (Å²) in [4.78, 5) is 38.3. The van der Waals surface area contributed by atoms with Gasteiger partial charge in [-0.3, -0.25) is 14.2 Å². The number of nitrogens with zero attached hydrogens (tertiary/aromatic N) is 1. The lowest BCUT2D eigenvalue weighted by Gasteiger charge is -2.28. The van der Waals surface area contributed by atoms with Crippen LogP contribution in [0.25, 0.3) is 0 Å². The highest BCUT2D eigenvalue weighted by molar-refractivity contribution is 7.45. The number of unbranched alkanes of at least 4 members (excludes halogenated alkanes) is 39. The Labute approximate surface area is 643 Å². The van der Waals surface area contributed by atoms with Crippen LogP contribution in [0.3, 0.4) is 0 Å². The fraction of sp³-hybridized carbons (Fsp3) is 0.702. The monoisotopic (exact) mass is 1460 g/mol. The van der Waals surface area contributed by atoms with Crippen LogP contribution in [0.2, 0.25) is 0 Å². The predicted molar refractivity (Wildman–Crippen MR) is 452 cm³/mol. The average Bonchev–Trinajstić information content (AvgIpc) is 0.915. The molecule has 0 N–H and O–H groups in total. The van der Waals surface area contributed by atoms with Crippen molar-refractivity contribution in [3.8, 4) is 0 Å². The van der Waals surface area contributed by atoms with E-state index in [-0.39, 0.29) is 32.0 Å². The van der Waals surface area contributed by atoms with Gasteiger partial charge in [-0.05, 0) is 122 Å². The minimum Gasteiger partial charge on any atom is -0.756 e. The maximum absolute atomic E-state index is 12.9. The van der Waals surface area contributed by atoms with E-state index in [4.69, 9.17) is 18.5 Å². The van der Waals surface area contributed by atoms with E-state index < -0.39 is 26.5 Å². The quantitative estimate of drug-likeness (QED) is 0.0195. The summed E-state index contributed by atoms with van der Waals surface area (Å²) in [6.07, 6.45) is 124. The number of carbonyl (C=O) groups excluding carboxylic acids is 2. The first kappa shape index (κ1) is 99.6. The van der Waals surface area contributed by atoms with E-state index in [1.165, 1.54) is 218 Å². The summed E-state index contributed by atoms with van der Waals surface area (Å²) in [6.45, 7) is 4.05. The Bertz CT molecular complexity index is 2320. The molecule has 2 unspecified atom stereocenters. The van der Waals surface area contributed by atoms with Gasteiger partial charge in [0.05, 0.1) is 27.7 Å². The molecule has 0 aliphatic carbocycles. The molecule has 10 heteroatoms. The van der Waals surface area contributed by atoms with Crippen LogP contribution in [-0.2, 0) is 32.7 Å². The molecule has 0 saturated carbocycles. The van der Waals surface area contributed by atoms with Crippen molar-refractivity contribution in [1.82, 2.24) is 0 Å². The Balaban J connectivity index is 3.93. The fourth-order valence-corrected chi connectivity index (χ4v) is 12.8. The lowest BCUT2D eigenvalue weighted by molar-refractivity contribution is -0.870. The summed E-state index contributed by atoms with van der Waals surface area (Å²) in [5.41, 5.74) is 0. The number of phosphoric acid groups is 1. The van der Waals surface area contributed by atoms with Crippen LogP contribution in [0, 0.1) is 0 Å². The highest BCUT2D eigenvalue weighted by Gasteiger charge is 2.22. The normalized spacial score (nSPS) is 13.8. The Morgan fingerprint density at radius 1 is 0.298 bits per heavy atom. The topological polar surface area (TPSA) is 111 Å². The van der Waals surface area contributed by atoms with Crippen molar-refractivity contribution in [3.05, 3.63) is 158 Å². The minimum absolute atomic E-state index is 0.0341. The standard InChI is InChI=1S/C94H162NO8P/c1-6-8-10-12-14-16-18-20-22-24-26-28-30-32-34-36-38-40-42-44-46-47-49-50-52-54-56-58-60-62-64-66-68-70-72-74-76-78-80-82-84-86-93(96)100-90-92(91-102-104(98,99)101-89-88-95(3,4)5)103-94(97)87-85-83-81-79-77-75-73-71-69-67-65-63-61-59-57-55-53-51-48-45-43-41-39-37-35-33-31-29-27-25-23-21-19-17-15-13-11-9-7-2/h8-11,14-17,20-23,26-29,32-35,39,41,45,48,53,55,92H,6-7,12-13,18-19,24-25,30-31,36-38,40,42-44,46-47,49-52,54,56-91H2,1-5H3/b10-8-,11-9-,16-14-,17-15-,22-20-,23-21-,28-26-,29-27-,34-32-,35-33-,41-39-,48-45-,55-53-. The van der Waals surface area contributed by atoms with Crippen LogP contribution in [-0.4, -0.2) is 70.0 Å². The van der Waals surface area contributed by atoms with Crippen molar-refractivity contribution in [2.45, 2.75) is 380 Å². The number of quaternary nitrogens is 1. The fourth-order valence-electron chi connectivity index (χ4n) is 12.1. The molecule has 0 saturated heterocycles. The van der Waals surface area contributed by atoms with Crippen molar-refractivity contribution in [3.63, 3.8) is 0 Å². The number of carbonyl (C=O) groups is 2. The molecule has 0 amide bonds. The van der Waals surface area contributed by atoms with Gasteiger partial charge in [-0.2, -0.15) is 0 Å². The van der Waals surface area contributed by atoms with E-state index in [1.807, 2.05) is 21.1 Å². The predicted octanol–water partition coefficient (Wildman–Crippen LogP) is 28.8. The van der Waals surface area contributed by atoms with Gasteiger partial charge in [-0.15, -0.1) is 0 Å². The zero-order valence-corrected chi connectivity index (χ0v) is 69.1. The first-order chi connectivity index (χ1) is 51.0. The van der Waals surface area contributed by atoms with Crippen LogP contribution < -0.4 is 4.89 Å². The van der Waals surface area contributed by atoms with Gasteiger partial charge in [0, 0.05) is 12.8 Å². The van der Waals surface area contributed by atoms with Crippen LogP contribution in [0.15, 0.2) is 158 Å².